The minimum absolute atomic E-state index is 0.289. The summed E-state index contributed by atoms with van der Waals surface area (Å²) < 4.78 is 0. The van der Waals surface area contributed by atoms with Crippen molar-refractivity contribution in [3.05, 3.63) is 48.0 Å². The summed E-state index contributed by atoms with van der Waals surface area (Å²) in [6.45, 7) is 8.61. The molecule has 19 heavy (non-hydrogen) atoms. The van der Waals surface area contributed by atoms with Gasteiger partial charge in [0.2, 0.25) is 0 Å². The molecule has 1 unspecified atom stereocenters. The Bertz CT molecular complexity index is 503. The van der Waals surface area contributed by atoms with E-state index in [1.165, 1.54) is 5.56 Å². The molecule has 2 atom stereocenters. The number of Topliss-reactive ketones (excluding diaryl/α,β-unsaturated/α-hetero) is 1. The van der Waals surface area contributed by atoms with E-state index >= 15 is 0 Å². The highest BCUT2D eigenvalue weighted by atomic mass is 16.1. The highest BCUT2D eigenvalue weighted by Gasteiger charge is 2.41. The van der Waals surface area contributed by atoms with Crippen LogP contribution in [0.25, 0.3) is 0 Å². The maximum Gasteiger partial charge on any atom is 0.144 e. The Morgan fingerprint density at radius 3 is 2.74 bits per heavy atom. The summed E-state index contributed by atoms with van der Waals surface area (Å²) in [6, 6.07) is 10.1. The molecular formula is C17H21NO. The van der Waals surface area contributed by atoms with Crippen LogP contribution in [0.2, 0.25) is 0 Å². The molecule has 0 spiro atoms. The number of hydrogen-bond donors (Lipinski definition) is 0. The number of nitrogens with zero attached hydrogens (tertiary/aromatic N) is 1. The third-order valence-corrected chi connectivity index (χ3v) is 3.93. The van der Waals surface area contributed by atoms with E-state index in [1.807, 2.05) is 50.4 Å². The van der Waals surface area contributed by atoms with Crippen LogP contribution in [-0.4, -0.2) is 12.0 Å². The molecule has 1 aromatic carbocycles. The summed E-state index contributed by atoms with van der Waals surface area (Å²) in [4.78, 5) is 16.6. The Morgan fingerprint density at radius 1 is 1.47 bits per heavy atom. The quantitative estimate of drug-likeness (QED) is 0.594. The van der Waals surface area contributed by atoms with Crippen molar-refractivity contribution in [1.29, 1.82) is 0 Å². The SMILES string of the molecule is C=C(C)[C@@H]1CC(=O)C(C)(C=NCc2ccccc2)C1. The van der Waals surface area contributed by atoms with Crippen LogP contribution in [0.1, 0.15) is 32.3 Å². The summed E-state index contributed by atoms with van der Waals surface area (Å²) >= 11 is 0. The molecule has 0 aromatic heterocycles. The molecule has 0 radical (unpaired) electrons. The number of aliphatic imine (C=N–C) groups is 1. The van der Waals surface area contributed by atoms with Crippen molar-refractivity contribution in [2.45, 2.75) is 33.2 Å². The summed E-state index contributed by atoms with van der Waals surface area (Å²) in [5.74, 6) is 0.609. The Morgan fingerprint density at radius 2 is 2.16 bits per heavy atom. The first-order chi connectivity index (χ1) is 9.01. The van der Waals surface area contributed by atoms with Crippen LogP contribution in [0.3, 0.4) is 0 Å². The second kappa shape index (κ2) is 5.52. The molecule has 1 saturated carbocycles. The first-order valence-corrected chi connectivity index (χ1v) is 6.75. The summed E-state index contributed by atoms with van der Waals surface area (Å²) in [6.07, 6.45) is 3.31. The Hall–Kier alpha value is -1.70. The zero-order valence-electron chi connectivity index (χ0n) is 11.7. The van der Waals surface area contributed by atoms with Gasteiger partial charge in [-0.3, -0.25) is 9.79 Å². The van der Waals surface area contributed by atoms with Crippen LogP contribution in [0.4, 0.5) is 0 Å². The smallest absolute Gasteiger partial charge is 0.144 e. The third kappa shape index (κ3) is 3.19. The maximum absolute atomic E-state index is 12.1. The van der Waals surface area contributed by atoms with Crippen LogP contribution in [0.15, 0.2) is 47.5 Å². The molecule has 1 aliphatic rings. The van der Waals surface area contributed by atoms with Crippen LogP contribution in [0.5, 0.6) is 0 Å². The molecule has 0 N–H and O–H groups in total. The first kappa shape index (κ1) is 13.7. The van der Waals surface area contributed by atoms with E-state index in [9.17, 15) is 4.79 Å². The highest BCUT2D eigenvalue weighted by molar-refractivity contribution is 6.01. The van der Waals surface area contributed by atoms with Gasteiger partial charge in [-0.05, 0) is 31.7 Å². The fraction of sp³-hybridized carbons (Fsp3) is 0.412. The van der Waals surface area contributed by atoms with E-state index in [-0.39, 0.29) is 5.78 Å². The zero-order valence-corrected chi connectivity index (χ0v) is 11.7. The minimum Gasteiger partial charge on any atom is -0.299 e. The van der Waals surface area contributed by atoms with Crippen molar-refractivity contribution >= 4 is 12.0 Å². The molecule has 1 aliphatic carbocycles. The number of ketones is 1. The second-order valence-electron chi connectivity index (χ2n) is 5.75. The molecule has 1 aromatic rings. The lowest BCUT2D eigenvalue weighted by atomic mass is 9.87. The zero-order chi connectivity index (χ0) is 13.9. The minimum atomic E-state index is -0.404. The molecule has 0 bridgehead atoms. The lowest BCUT2D eigenvalue weighted by Gasteiger charge is -2.16. The largest absolute Gasteiger partial charge is 0.299 e. The molecular weight excluding hydrogens is 234 g/mol. The van der Waals surface area contributed by atoms with Crippen LogP contribution < -0.4 is 0 Å². The Labute approximate surface area is 115 Å². The summed E-state index contributed by atoms with van der Waals surface area (Å²) in [5, 5.41) is 0. The van der Waals surface area contributed by atoms with Gasteiger partial charge in [-0.15, -0.1) is 0 Å². The first-order valence-electron chi connectivity index (χ1n) is 6.75. The summed E-state index contributed by atoms with van der Waals surface area (Å²) in [7, 11) is 0. The summed E-state index contributed by atoms with van der Waals surface area (Å²) in [5.41, 5.74) is 1.87. The van der Waals surface area contributed by atoms with E-state index in [1.54, 1.807) is 0 Å². The molecule has 0 amide bonds. The van der Waals surface area contributed by atoms with Crippen molar-refractivity contribution in [2.24, 2.45) is 16.3 Å². The van der Waals surface area contributed by atoms with Gasteiger partial charge in [-0.25, -0.2) is 0 Å². The Kier molecular flexibility index (Phi) is 3.98. The number of hydrogen-bond acceptors (Lipinski definition) is 2. The number of benzene rings is 1. The lowest BCUT2D eigenvalue weighted by molar-refractivity contribution is -0.122. The lowest BCUT2D eigenvalue weighted by Crippen LogP contribution is -2.23. The molecule has 0 aliphatic heterocycles. The molecule has 0 saturated heterocycles. The monoisotopic (exact) mass is 255 g/mol. The average Bonchev–Trinajstić information content (AvgIpc) is 2.68. The van der Waals surface area contributed by atoms with Gasteiger partial charge < -0.3 is 0 Å². The third-order valence-electron chi connectivity index (χ3n) is 3.93. The molecule has 1 fully saturated rings. The highest BCUT2D eigenvalue weighted by Crippen LogP contribution is 2.40. The van der Waals surface area contributed by atoms with E-state index in [4.69, 9.17) is 0 Å². The number of rotatable bonds is 4. The Balaban J connectivity index is 2.02. The van der Waals surface area contributed by atoms with E-state index < -0.39 is 5.41 Å². The van der Waals surface area contributed by atoms with Gasteiger partial charge in [-0.1, -0.05) is 42.5 Å². The fourth-order valence-electron chi connectivity index (χ4n) is 2.56. The number of carbonyl (C=O) groups excluding carboxylic acids is 1. The van der Waals surface area contributed by atoms with Crippen LogP contribution >= 0.6 is 0 Å². The van der Waals surface area contributed by atoms with E-state index in [2.05, 4.69) is 11.6 Å². The second-order valence-corrected chi connectivity index (χ2v) is 5.75. The van der Waals surface area contributed by atoms with Crippen molar-refractivity contribution < 1.29 is 4.79 Å². The van der Waals surface area contributed by atoms with Crippen LogP contribution in [-0.2, 0) is 11.3 Å². The van der Waals surface area contributed by atoms with Gasteiger partial charge in [0.15, 0.2) is 0 Å². The molecule has 2 heteroatoms. The van der Waals surface area contributed by atoms with Crippen molar-refractivity contribution in [3.8, 4) is 0 Å². The van der Waals surface area contributed by atoms with Crippen molar-refractivity contribution in [3.63, 3.8) is 0 Å². The molecule has 2 nitrogen and oxygen atoms in total. The predicted molar refractivity (Wildman–Crippen MR) is 79.3 cm³/mol. The van der Waals surface area contributed by atoms with Gasteiger partial charge in [-0.2, -0.15) is 0 Å². The predicted octanol–water partition coefficient (Wildman–Crippen LogP) is 3.82. The molecule has 100 valence electrons. The number of carbonyl (C=O) groups is 1. The van der Waals surface area contributed by atoms with Crippen molar-refractivity contribution in [2.75, 3.05) is 0 Å². The van der Waals surface area contributed by atoms with Gasteiger partial charge in [0.25, 0.3) is 0 Å². The van der Waals surface area contributed by atoms with E-state index in [0.717, 1.165) is 12.0 Å². The van der Waals surface area contributed by atoms with Crippen LogP contribution in [0, 0.1) is 11.3 Å². The van der Waals surface area contributed by atoms with Gasteiger partial charge in [0, 0.05) is 12.6 Å². The normalized spacial score (nSPS) is 27.1. The van der Waals surface area contributed by atoms with Gasteiger partial charge >= 0.3 is 0 Å². The fourth-order valence-corrected chi connectivity index (χ4v) is 2.56. The topological polar surface area (TPSA) is 29.4 Å². The van der Waals surface area contributed by atoms with Gasteiger partial charge in [0.05, 0.1) is 12.0 Å². The van der Waals surface area contributed by atoms with Gasteiger partial charge in [0.1, 0.15) is 5.78 Å². The molecule has 2 rings (SSSR count). The standard InChI is InChI=1S/C17H21NO/c1-13(2)15-9-16(19)17(3,10-15)12-18-11-14-7-5-4-6-8-14/h4-8,12,15H,1,9-11H2,2-3H3/t15-,17?/m1/s1. The maximum atomic E-state index is 12.1. The number of allylic oxidation sites excluding steroid dienone is 1. The average molecular weight is 255 g/mol. The van der Waals surface area contributed by atoms with E-state index in [0.29, 0.717) is 18.9 Å². The molecule has 0 heterocycles. The van der Waals surface area contributed by atoms with Crippen molar-refractivity contribution in [1.82, 2.24) is 0 Å².